The normalized spacial score (nSPS) is 20.1. The minimum absolute atomic E-state index is 0.365. The first-order chi connectivity index (χ1) is 6.41. The molecular formula is C5H14NO7P. The van der Waals surface area contributed by atoms with Gasteiger partial charge >= 0.3 is 7.82 Å². The minimum atomic E-state index is -4.43. The summed E-state index contributed by atoms with van der Waals surface area (Å²) in [6, 6.07) is 0. The van der Waals surface area contributed by atoms with Gasteiger partial charge in [0, 0.05) is 6.54 Å². The largest absolute Gasteiger partial charge is 0.474 e. The zero-order chi connectivity index (χ0) is 11.2. The SMILES string of the molecule is NCC(O)OP(=O)(O)OC[C@H](O)CO. The number of aliphatic hydroxyl groups is 3. The van der Waals surface area contributed by atoms with Crippen LogP contribution < -0.4 is 5.73 Å². The predicted molar refractivity (Wildman–Crippen MR) is 45.0 cm³/mol. The Labute approximate surface area is 80.5 Å². The molecule has 0 aliphatic heterocycles. The van der Waals surface area contributed by atoms with E-state index in [4.69, 9.17) is 25.9 Å². The summed E-state index contributed by atoms with van der Waals surface area (Å²) in [6.07, 6.45) is -2.90. The second-order valence-corrected chi connectivity index (χ2v) is 3.80. The first-order valence-electron chi connectivity index (χ1n) is 3.74. The van der Waals surface area contributed by atoms with E-state index in [0.717, 1.165) is 0 Å². The van der Waals surface area contributed by atoms with Gasteiger partial charge in [-0.2, -0.15) is 0 Å². The molecule has 0 bridgehead atoms. The Hall–Kier alpha value is -0.0500. The fourth-order valence-corrected chi connectivity index (χ4v) is 1.28. The van der Waals surface area contributed by atoms with E-state index in [9.17, 15) is 4.57 Å². The van der Waals surface area contributed by atoms with E-state index in [1.165, 1.54) is 0 Å². The topological polar surface area (TPSA) is 142 Å². The lowest BCUT2D eigenvalue weighted by Gasteiger charge is -2.16. The summed E-state index contributed by atoms with van der Waals surface area (Å²) < 4.78 is 19.2. The molecule has 6 N–H and O–H groups in total. The van der Waals surface area contributed by atoms with E-state index < -0.39 is 33.4 Å². The fraction of sp³-hybridized carbons (Fsp3) is 1.00. The Balaban J connectivity index is 3.89. The number of phosphoric ester groups is 1. The van der Waals surface area contributed by atoms with Crippen molar-refractivity contribution in [3.8, 4) is 0 Å². The van der Waals surface area contributed by atoms with Gasteiger partial charge in [0.2, 0.25) is 0 Å². The molecule has 0 aromatic heterocycles. The molecule has 0 saturated heterocycles. The van der Waals surface area contributed by atoms with Gasteiger partial charge in [-0.15, -0.1) is 0 Å². The van der Waals surface area contributed by atoms with E-state index in [1.54, 1.807) is 0 Å². The van der Waals surface area contributed by atoms with E-state index in [0.29, 0.717) is 0 Å². The number of phosphoric acid groups is 1. The third kappa shape index (κ3) is 6.41. The van der Waals surface area contributed by atoms with Crippen LogP contribution in [0.3, 0.4) is 0 Å². The van der Waals surface area contributed by atoms with Crippen LogP contribution in [0.1, 0.15) is 0 Å². The van der Waals surface area contributed by atoms with E-state index in [2.05, 4.69) is 9.05 Å². The summed E-state index contributed by atoms with van der Waals surface area (Å²) in [5.41, 5.74) is 4.91. The van der Waals surface area contributed by atoms with Crippen molar-refractivity contribution in [2.24, 2.45) is 5.73 Å². The second kappa shape index (κ2) is 6.44. The molecule has 86 valence electrons. The average Bonchev–Trinajstić information content (AvgIpc) is 2.13. The molecular weight excluding hydrogens is 217 g/mol. The predicted octanol–water partition coefficient (Wildman–Crippen LogP) is -2.25. The summed E-state index contributed by atoms with van der Waals surface area (Å²) in [7, 11) is -4.43. The van der Waals surface area contributed by atoms with Gasteiger partial charge in [-0.1, -0.05) is 0 Å². The van der Waals surface area contributed by atoms with Crippen molar-refractivity contribution in [2.45, 2.75) is 12.4 Å². The zero-order valence-electron chi connectivity index (χ0n) is 7.31. The lowest BCUT2D eigenvalue weighted by atomic mass is 10.4. The average molecular weight is 231 g/mol. The maximum absolute atomic E-state index is 10.9. The van der Waals surface area contributed by atoms with Crippen molar-refractivity contribution in [3.05, 3.63) is 0 Å². The van der Waals surface area contributed by atoms with Gasteiger partial charge in [-0.25, -0.2) is 4.57 Å². The highest BCUT2D eigenvalue weighted by atomic mass is 31.2. The maximum atomic E-state index is 10.9. The number of nitrogens with two attached hydrogens (primary N) is 1. The molecule has 0 fully saturated rings. The Morgan fingerprint density at radius 1 is 1.43 bits per heavy atom. The molecule has 8 nitrogen and oxygen atoms in total. The molecule has 0 aromatic carbocycles. The monoisotopic (exact) mass is 231 g/mol. The van der Waals surface area contributed by atoms with E-state index in [-0.39, 0.29) is 6.54 Å². The molecule has 0 saturated carbocycles. The molecule has 0 aromatic rings. The molecule has 9 heteroatoms. The Morgan fingerprint density at radius 3 is 2.43 bits per heavy atom. The molecule has 0 spiro atoms. The zero-order valence-corrected chi connectivity index (χ0v) is 8.21. The van der Waals surface area contributed by atoms with E-state index >= 15 is 0 Å². The van der Waals surface area contributed by atoms with Crippen molar-refractivity contribution in [1.82, 2.24) is 0 Å². The van der Waals surface area contributed by atoms with Gasteiger partial charge in [-0.05, 0) is 0 Å². The van der Waals surface area contributed by atoms with Crippen LogP contribution in [-0.4, -0.2) is 52.4 Å². The summed E-state index contributed by atoms with van der Waals surface area (Å²) in [5.74, 6) is 0. The van der Waals surface area contributed by atoms with Crippen LogP contribution in [0.2, 0.25) is 0 Å². The molecule has 14 heavy (non-hydrogen) atoms. The quantitative estimate of drug-likeness (QED) is 0.244. The molecule has 0 rings (SSSR count). The molecule has 2 unspecified atom stereocenters. The van der Waals surface area contributed by atoms with Crippen LogP contribution in [0.5, 0.6) is 0 Å². The number of aliphatic hydroxyl groups excluding tert-OH is 3. The van der Waals surface area contributed by atoms with Crippen LogP contribution >= 0.6 is 7.82 Å². The van der Waals surface area contributed by atoms with Crippen LogP contribution in [0.4, 0.5) is 0 Å². The third-order valence-electron chi connectivity index (χ3n) is 1.10. The highest BCUT2D eigenvalue weighted by molar-refractivity contribution is 7.47. The smallest absolute Gasteiger partial charge is 0.394 e. The van der Waals surface area contributed by atoms with Crippen molar-refractivity contribution in [2.75, 3.05) is 19.8 Å². The summed E-state index contributed by atoms with van der Waals surface area (Å²) in [6.45, 7) is -1.56. The molecule has 0 amide bonds. The standard InChI is InChI=1S/C5H14NO7P/c6-1-5(9)13-14(10,11)12-3-4(8)2-7/h4-5,7-9H,1-3,6H2,(H,10,11)/t4-,5?/m1/s1. The van der Waals surface area contributed by atoms with Crippen LogP contribution in [0.25, 0.3) is 0 Å². The van der Waals surface area contributed by atoms with Crippen molar-refractivity contribution >= 4 is 7.82 Å². The first-order valence-corrected chi connectivity index (χ1v) is 5.23. The summed E-state index contributed by atoms with van der Waals surface area (Å²) >= 11 is 0. The first kappa shape index (κ1) is 13.9. The molecule has 0 aliphatic carbocycles. The van der Waals surface area contributed by atoms with Crippen molar-refractivity contribution < 1.29 is 33.8 Å². The van der Waals surface area contributed by atoms with Crippen molar-refractivity contribution in [3.63, 3.8) is 0 Å². The van der Waals surface area contributed by atoms with Crippen LogP contribution in [0.15, 0.2) is 0 Å². The van der Waals surface area contributed by atoms with Gasteiger partial charge in [0.05, 0.1) is 13.2 Å². The Bertz CT molecular complexity index is 201. The Kier molecular flexibility index (Phi) is 6.41. The van der Waals surface area contributed by atoms with E-state index in [1.807, 2.05) is 0 Å². The van der Waals surface area contributed by atoms with Crippen LogP contribution in [0, 0.1) is 0 Å². The van der Waals surface area contributed by atoms with Gasteiger partial charge < -0.3 is 25.9 Å². The summed E-state index contributed by atoms with van der Waals surface area (Å²) in [4.78, 5) is 8.86. The van der Waals surface area contributed by atoms with Gasteiger partial charge in [0.1, 0.15) is 6.10 Å². The van der Waals surface area contributed by atoms with Gasteiger partial charge in [-0.3, -0.25) is 9.05 Å². The fourth-order valence-electron chi connectivity index (χ4n) is 0.460. The molecule has 3 atom stereocenters. The number of hydrogen-bond donors (Lipinski definition) is 5. The van der Waals surface area contributed by atoms with Gasteiger partial charge in [0.25, 0.3) is 0 Å². The maximum Gasteiger partial charge on any atom is 0.474 e. The molecule has 0 aliphatic rings. The molecule has 0 heterocycles. The number of rotatable bonds is 7. The molecule has 0 radical (unpaired) electrons. The highest BCUT2D eigenvalue weighted by Gasteiger charge is 2.25. The lowest BCUT2D eigenvalue weighted by Crippen LogP contribution is -2.24. The third-order valence-corrected chi connectivity index (χ3v) is 2.08. The summed E-state index contributed by atoms with van der Waals surface area (Å²) in [5, 5.41) is 25.9. The minimum Gasteiger partial charge on any atom is -0.394 e. The van der Waals surface area contributed by atoms with Crippen LogP contribution in [-0.2, 0) is 13.6 Å². The lowest BCUT2D eigenvalue weighted by molar-refractivity contribution is -0.0422. The number of hydrogen-bond acceptors (Lipinski definition) is 7. The van der Waals surface area contributed by atoms with Crippen molar-refractivity contribution in [1.29, 1.82) is 0 Å². The second-order valence-electron chi connectivity index (χ2n) is 2.40. The Morgan fingerprint density at radius 2 is 2.00 bits per heavy atom. The van der Waals surface area contributed by atoms with Gasteiger partial charge in [0.15, 0.2) is 6.29 Å². The highest BCUT2D eigenvalue weighted by Crippen LogP contribution is 2.44.